The predicted molar refractivity (Wildman–Crippen MR) is 192 cm³/mol. The van der Waals surface area contributed by atoms with Crippen molar-refractivity contribution in [3.05, 3.63) is 144 Å². The van der Waals surface area contributed by atoms with Crippen LogP contribution in [0.15, 0.2) is 121 Å². The maximum absolute atomic E-state index is 10.7. The normalized spacial score (nSPS) is 29.2. The average molecular weight is 707 g/mol. The summed E-state index contributed by atoms with van der Waals surface area (Å²) in [5, 5.41) is 10.7. The summed E-state index contributed by atoms with van der Waals surface area (Å²) >= 11 is 0. The van der Waals surface area contributed by atoms with E-state index in [9.17, 15) is 5.11 Å². The molecular formula is C43H46O9. The Kier molecular flexibility index (Phi) is 12.1. The Hall–Kier alpha value is -3.92. The quantitative estimate of drug-likeness (QED) is 0.169. The lowest BCUT2D eigenvalue weighted by Crippen LogP contribution is -2.60. The maximum atomic E-state index is 10.7. The molecule has 1 N–H and O–H groups in total. The van der Waals surface area contributed by atoms with Crippen LogP contribution in [0.3, 0.4) is 0 Å². The van der Waals surface area contributed by atoms with Crippen molar-refractivity contribution in [1.29, 1.82) is 0 Å². The number of fused-ring (bicyclic) bond motifs is 1. The van der Waals surface area contributed by atoms with Gasteiger partial charge in [-0.1, -0.05) is 133 Å². The van der Waals surface area contributed by atoms with E-state index in [1.807, 2.05) is 135 Å². The number of aliphatic hydroxyl groups is 1. The molecular weight excluding hydrogens is 660 g/mol. The number of hydrogen-bond donors (Lipinski definition) is 1. The molecule has 272 valence electrons. The molecule has 4 aromatic carbocycles. The van der Waals surface area contributed by atoms with E-state index in [0.717, 1.165) is 22.3 Å². The molecule has 0 amide bonds. The number of benzene rings is 4. The zero-order valence-corrected chi connectivity index (χ0v) is 29.5. The molecule has 0 saturated carbocycles. The van der Waals surface area contributed by atoms with Crippen molar-refractivity contribution in [2.24, 2.45) is 0 Å². The molecule has 0 aliphatic carbocycles. The molecule has 7 rings (SSSR count). The molecule has 3 aliphatic rings. The number of aliphatic hydroxyl groups excluding tert-OH is 1. The molecule has 3 saturated heterocycles. The molecule has 3 fully saturated rings. The Morgan fingerprint density at radius 1 is 0.519 bits per heavy atom. The lowest BCUT2D eigenvalue weighted by atomic mass is 9.94. The van der Waals surface area contributed by atoms with Crippen LogP contribution in [0.25, 0.3) is 0 Å². The summed E-state index contributed by atoms with van der Waals surface area (Å²) in [6.07, 6.45) is -5.91. The minimum Gasteiger partial charge on any atom is -0.394 e. The Labute approximate surface area is 305 Å². The van der Waals surface area contributed by atoms with Gasteiger partial charge in [-0.2, -0.15) is 0 Å². The molecule has 0 unspecified atom stereocenters. The van der Waals surface area contributed by atoms with Crippen molar-refractivity contribution < 1.29 is 43.0 Å². The molecule has 4 aromatic rings. The second-order valence-electron chi connectivity index (χ2n) is 13.6. The first-order valence-electron chi connectivity index (χ1n) is 17.9. The van der Waals surface area contributed by atoms with E-state index < -0.39 is 60.9 Å². The van der Waals surface area contributed by atoms with Gasteiger partial charge in [-0.15, -0.1) is 0 Å². The molecule has 0 bridgehead atoms. The minimum atomic E-state index is -0.822. The summed E-state index contributed by atoms with van der Waals surface area (Å²) in [5.41, 5.74) is 3.99. The summed E-state index contributed by atoms with van der Waals surface area (Å²) in [6.45, 7) is 4.65. The van der Waals surface area contributed by atoms with Gasteiger partial charge in [0.25, 0.3) is 0 Å². The molecule has 0 aromatic heterocycles. The maximum Gasteiger partial charge on any atom is 0.191 e. The van der Waals surface area contributed by atoms with Gasteiger partial charge in [-0.05, 0) is 36.1 Å². The van der Waals surface area contributed by atoms with E-state index >= 15 is 0 Å². The highest BCUT2D eigenvalue weighted by molar-refractivity contribution is 5.21. The first-order valence-corrected chi connectivity index (χ1v) is 17.9. The minimum absolute atomic E-state index is 0.289. The highest BCUT2D eigenvalue weighted by atomic mass is 16.8. The van der Waals surface area contributed by atoms with Gasteiger partial charge in [-0.3, -0.25) is 0 Å². The third kappa shape index (κ3) is 9.17. The Morgan fingerprint density at radius 2 is 0.923 bits per heavy atom. The zero-order valence-electron chi connectivity index (χ0n) is 29.5. The molecule has 52 heavy (non-hydrogen) atoms. The van der Waals surface area contributed by atoms with E-state index in [-0.39, 0.29) is 13.2 Å². The monoisotopic (exact) mass is 706 g/mol. The fraction of sp³-hybridized carbons (Fsp3) is 0.395. The molecule has 9 heteroatoms. The summed E-state index contributed by atoms with van der Waals surface area (Å²) in [6, 6.07) is 39.7. The summed E-state index contributed by atoms with van der Waals surface area (Å²) < 4.78 is 51.5. The fourth-order valence-corrected chi connectivity index (χ4v) is 6.76. The molecule has 3 aliphatic heterocycles. The van der Waals surface area contributed by atoms with Gasteiger partial charge in [0.1, 0.15) is 48.8 Å². The highest BCUT2D eigenvalue weighted by Gasteiger charge is 2.55. The van der Waals surface area contributed by atoms with Crippen molar-refractivity contribution in [1.82, 2.24) is 0 Å². The highest BCUT2D eigenvalue weighted by Crippen LogP contribution is 2.39. The van der Waals surface area contributed by atoms with Gasteiger partial charge in [0.15, 0.2) is 12.1 Å². The van der Waals surface area contributed by atoms with E-state index in [0.29, 0.717) is 19.8 Å². The van der Waals surface area contributed by atoms with Gasteiger partial charge in [-0.25, -0.2) is 0 Å². The van der Waals surface area contributed by atoms with Crippen LogP contribution in [0, 0.1) is 11.8 Å². The SMILES string of the molecule is CC1(C)O[C@H]2O[C@H](C#C[C@H]3O[C@H](CO)[C@H](OCc4ccccc4)[C@H](OCc4ccccc4)[C@H]3OCc3ccccc3)[C@H](OCc3ccccc3)[C@H]2O1. The van der Waals surface area contributed by atoms with Crippen LogP contribution in [0.5, 0.6) is 0 Å². The topological polar surface area (TPSA) is 94.1 Å². The van der Waals surface area contributed by atoms with Gasteiger partial charge in [0.05, 0.1) is 33.0 Å². The van der Waals surface area contributed by atoms with Crippen LogP contribution in [-0.4, -0.2) is 72.6 Å². The lowest BCUT2D eigenvalue weighted by molar-refractivity contribution is -0.258. The van der Waals surface area contributed by atoms with Crippen LogP contribution in [0.4, 0.5) is 0 Å². The van der Waals surface area contributed by atoms with Crippen LogP contribution >= 0.6 is 0 Å². The molecule has 0 spiro atoms. The Bertz CT molecular complexity index is 1730. The molecule has 3 heterocycles. The molecule has 0 radical (unpaired) electrons. The summed E-state index contributed by atoms with van der Waals surface area (Å²) in [5.74, 6) is 5.79. The largest absolute Gasteiger partial charge is 0.394 e. The third-order valence-electron chi connectivity index (χ3n) is 9.31. The van der Waals surface area contributed by atoms with Gasteiger partial charge in [0, 0.05) is 0 Å². The fourth-order valence-electron chi connectivity index (χ4n) is 6.76. The Balaban J connectivity index is 1.18. The average Bonchev–Trinajstić information content (AvgIpc) is 3.65. The Morgan fingerprint density at radius 3 is 1.38 bits per heavy atom. The summed E-state index contributed by atoms with van der Waals surface area (Å²) in [4.78, 5) is 0. The lowest BCUT2D eigenvalue weighted by Gasteiger charge is -2.44. The van der Waals surface area contributed by atoms with E-state index in [1.165, 1.54) is 0 Å². The van der Waals surface area contributed by atoms with Gasteiger partial charge < -0.3 is 43.0 Å². The smallest absolute Gasteiger partial charge is 0.191 e. The van der Waals surface area contributed by atoms with Crippen LogP contribution < -0.4 is 0 Å². The number of ether oxygens (including phenoxy) is 8. The van der Waals surface area contributed by atoms with Crippen molar-refractivity contribution in [2.75, 3.05) is 6.61 Å². The third-order valence-corrected chi connectivity index (χ3v) is 9.31. The van der Waals surface area contributed by atoms with Crippen molar-refractivity contribution in [2.45, 2.75) is 101 Å². The second-order valence-corrected chi connectivity index (χ2v) is 13.6. The van der Waals surface area contributed by atoms with Crippen molar-refractivity contribution >= 4 is 0 Å². The first kappa shape index (κ1) is 36.4. The van der Waals surface area contributed by atoms with Crippen molar-refractivity contribution in [3.63, 3.8) is 0 Å². The number of hydrogen-bond acceptors (Lipinski definition) is 9. The van der Waals surface area contributed by atoms with Crippen LogP contribution in [-0.2, 0) is 64.3 Å². The standard InChI is InChI=1S/C43H46O9/c1-43(2)51-41-38(46-27-31-17-9-4-10-18-31)35(50-42(41)52-43)24-23-34-37(45-26-30-15-7-3-8-16-30)40(48-29-33-21-13-6-14-22-33)39(36(25-44)49-34)47-28-32-19-11-5-12-20-32/h3-22,34-42,44H,25-29H2,1-2H3/t34-,35-,36-,37+,38+,39+,40-,41-,42-/m1/s1. The summed E-state index contributed by atoms with van der Waals surface area (Å²) in [7, 11) is 0. The molecule has 9 nitrogen and oxygen atoms in total. The van der Waals surface area contributed by atoms with E-state index in [1.54, 1.807) is 0 Å². The van der Waals surface area contributed by atoms with Gasteiger partial charge in [0.2, 0.25) is 0 Å². The van der Waals surface area contributed by atoms with Crippen molar-refractivity contribution in [3.8, 4) is 11.8 Å². The van der Waals surface area contributed by atoms with Crippen LogP contribution in [0.1, 0.15) is 36.1 Å². The first-order chi connectivity index (χ1) is 25.5. The van der Waals surface area contributed by atoms with Gasteiger partial charge >= 0.3 is 0 Å². The second kappa shape index (κ2) is 17.3. The van der Waals surface area contributed by atoms with E-state index in [4.69, 9.17) is 37.9 Å². The predicted octanol–water partition coefficient (Wildman–Crippen LogP) is 5.97. The number of rotatable bonds is 13. The molecule has 9 atom stereocenters. The van der Waals surface area contributed by atoms with E-state index in [2.05, 4.69) is 11.8 Å². The zero-order chi connectivity index (χ0) is 35.8. The van der Waals surface area contributed by atoms with Crippen LogP contribution in [0.2, 0.25) is 0 Å².